The van der Waals surface area contributed by atoms with Gasteiger partial charge >= 0.3 is 0 Å². The van der Waals surface area contributed by atoms with E-state index in [2.05, 4.69) is 54.4 Å². The van der Waals surface area contributed by atoms with Gasteiger partial charge in [-0.3, -0.25) is 9.59 Å². The van der Waals surface area contributed by atoms with Gasteiger partial charge in [0.25, 0.3) is 0 Å². The number of carbonyl (C=O) groups excluding carboxylic acids is 2. The quantitative estimate of drug-likeness (QED) is 0.359. The fourth-order valence-corrected chi connectivity index (χ4v) is 2.53. The first kappa shape index (κ1) is 18.6. The fraction of sp³-hybridized carbons (Fsp3) is 0.118. The number of para-hydroxylation sites is 1. The highest BCUT2D eigenvalue weighted by molar-refractivity contribution is 14.1. The average Bonchev–Trinajstić information content (AvgIpc) is 2.57. The van der Waals surface area contributed by atoms with Crippen LogP contribution >= 0.6 is 38.5 Å². The molecule has 24 heavy (non-hydrogen) atoms. The lowest BCUT2D eigenvalue weighted by Gasteiger charge is -2.06. The van der Waals surface area contributed by atoms with Gasteiger partial charge in [0.15, 0.2) is 0 Å². The van der Waals surface area contributed by atoms with Crippen LogP contribution in [0.4, 0.5) is 5.69 Å². The highest BCUT2D eigenvalue weighted by atomic mass is 127. The van der Waals surface area contributed by atoms with Crippen LogP contribution in [0.15, 0.2) is 58.1 Å². The van der Waals surface area contributed by atoms with Crippen molar-refractivity contribution in [3.63, 3.8) is 0 Å². The SMILES string of the molecule is O=C(CCC(=O)Nc1ccccc1Br)N/N=C\c1ccc(I)cc1. The van der Waals surface area contributed by atoms with Gasteiger partial charge in [0.2, 0.25) is 11.8 Å². The van der Waals surface area contributed by atoms with Gasteiger partial charge in [0, 0.05) is 20.9 Å². The molecule has 0 aliphatic carbocycles. The number of hydrogen-bond donors (Lipinski definition) is 2. The van der Waals surface area contributed by atoms with Crippen molar-refractivity contribution in [3.8, 4) is 0 Å². The Bertz CT molecular complexity index is 748. The summed E-state index contributed by atoms with van der Waals surface area (Å²) in [5.41, 5.74) is 3.99. The molecule has 2 aromatic rings. The second kappa shape index (κ2) is 9.53. The maximum absolute atomic E-state index is 11.8. The van der Waals surface area contributed by atoms with Crippen LogP contribution in [-0.2, 0) is 9.59 Å². The van der Waals surface area contributed by atoms with Crippen LogP contribution in [-0.4, -0.2) is 18.0 Å². The monoisotopic (exact) mass is 499 g/mol. The molecule has 0 bridgehead atoms. The molecule has 5 nitrogen and oxygen atoms in total. The Balaban J connectivity index is 1.73. The van der Waals surface area contributed by atoms with Crippen LogP contribution in [0.3, 0.4) is 0 Å². The molecular formula is C17H15BrIN3O2. The number of anilines is 1. The summed E-state index contributed by atoms with van der Waals surface area (Å²) in [6, 6.07) is 15.0. The van der Waals surface area contributed by atoms with E-state index in [1.54, 1.807) is 12.3 Å². The molecule has 0 saturated heterocycles. The average molecular weight is 500 g/mol. The van der Waals surface area contributed by atoms with Crippen LogP contribution in [0.1, 0.15) is 18.4 Å². The van der Waals surface area contributed by atoms with Crippen molar-refractivity contribution in [3.05, 3.63) is 62.1 Å². The Kier molecular flexibility index (Phi) is 7.38. The van der Waals surface area contributed by atoms with E-state index in [4.69, 9.17) is 0 Å². The first-order valence-electron chi connectivity index (χ1n) is 7.16. The lowest BCUT2D eigenvalue weighted by Crippen LogP contribution is -2.20. The summed E-state index contributed by atoms with van der Waals surface area (Å²) in [7, 11) is 0. The van der Waals surface area contributed by atoms with Gasteiger partial charge in [-0.15, -0.1) is 0 Å². The molecule has 0 saturated carbocycles. The molecule has 2 aromatic carbocycles. The molecule has 0 spiro atoms. The van der Waals surface area contributed by atoms with Crippen LogP contribution < -0.4 is 10.7 Å². The largest absolute Gasteiger partial charge is 0.325 e. The lowest BCUT2D eigenvalue weighted by molar-refractivity contribution is -0.124. The highest BCUT2D eigenvalue weighted by Gasteiger charge is 2.08. The first-order valence-corrected chi connectivity index (χ1v) is 9.03. The Morgan fingerprint density at radius 3 is 2.42 bits per heavy atom. The van der Waals surface area contributed by atoms with Crippen molar-refractivity contribution in [1.82, 2.24) is 5.43 Å². The second-order valence-electron chi connectivity index (χ2n) is 4.87. The molecule has 0 aliphatic heterocycles. The standard InChI is InChI=1S/C17H15BrIN3O2/c18-14-3-1-2-4-15(14)21-16(23)9-10-17(24)22-20-11-12-5-7-13(19)8-6-12/h1-8,11H,9-10H2,(H,21,23)(H,22,24)/b20-11-. The molecule has 7 heteroatoms. The summed E-state index contributed by atoms with van der Waals surface area (Å²) >= 11 is 5.57. The number of hydrazone groups is 1. The molecule has 0 aliphatic rings. The van der Waals surface area contributed by atoms with E-state index in [1.165, 1.54) is 0 Å². The van der Waals surface area contributed by atoms with Crippen molar-refractivity contribution in [2.45, 2.75) is 12.8 Å². The van der Waals surface area contributed by atoms with E-state index in [0.29, 0.717) is 5.69 Å². The van der Waals surface area contributed by atoms with Gasteiger partial charge in [0.1, 0.15) is 0 Å². The molecule has 0 unspecified atom stereocenters. The Hall–Kier alpha value is -1.74. The third-order valence-corrected chi connectivity index (χ3v) is 4.41. The number of hydrogen-bond acceptors (Lipinski definition) is 3. The molecular weight excluding hydrogens is 485 g/mol. The summed E-state index contributed by atoms with van der Waals surface area (Å²) in [4.78, 5) is 23.5. The van der Waals surface area contributed by atoms with Crippen LogP contribution in [0, 0.1) is 3.57 Å². The van der Waals surface area contributed by atoms with E-state index in [9.17, 15) is 9.59 Å². The van der Waals surface area contributed by atoms with Crippen molar-refractivity contribution >= 4 is 62.2 Å². The summed E-state index contributed by atoms with van der Waals surface area (Å²) in [5.74, 6) is -0.530. The van der Waals surface area contributed by atoms with Gasteiger partial charge in [0.05, 0.1) is 11.9 Å². The van der Waals surface area contributed by atoms with Crippen molar-refractivity contribution in [1.29, 1.82) is 0 Å². The Morgan fingerprint density at radius 1 is 1.04 bits per heavy atom. The van der Waals surface area contributed by atoms with E-state index >= 15 is 0 Å². The van der Waals surface area contributed by atoms with Gasteiger partial charge in [-0.2, -0.15) is 5.10 Å². The summed E-state index contributed by atoms with van der Waals surface area (Å²) in [6.45, 7) is 0. The molecule has 2 amide bonds. The maximum atomic E-state index is 11.8. The zero-order chi connectivity index (χ0) is 17.4. The van der Waals surface area contributed by atoms with Gasteiger partial charge in [-0.25, -0.2) is 5.43 Å². The summed E-state index contributed by atoms with van der Waals surface area (Å²) < 4.78 is 1.93. The number of halogens is 2. The fourth-order valence-electron chi connectivity index (χ4n) is 1.79. The third-order valence-electron chi connectivity index (χ3n) is 3.00. The van der Waals surface area contributed by atoms with E-state index < -0.39 is 0 Å². The predicted octanol–water partition coefficient (Wildman–Crippen LogP) is 3.92. The number of nitrogens with zero attached hydrogens (tertiary/aromatic N) is 1. The molecule has 0 atom stereocenters. The van der Waals surface area contributed by atoms with Crippen LogP contribution in [0.5, 0.6) is 0 Å². The maximum Gasteiger partial charge on any atom is 0.240 e. The number of benzene rings is 2. The van der Waals surface area contributed by atoms with Gasteiger partial charge < -0.3 is 5.32 Å². The smallest absolute Gasteiger partial charge is 0.240 e. The minimum Gasteiger partial charge on any atom is -0.325 e. The molecule has 0 aromatic heterocycles. The second-order valence-corrected chi connectivity index (χ2v) is 6.97. The Morgan fingerprint density at radius 2 is 1.71 bits per heavy atom. The Labute approximate surface area is 162 Å². The van der Waals surface area contributed by atoms with Crippen molar-refractivity contribution in [2.75, 3.05) is 5.32 Å². The number of rotatable bonds is 6. The lowest BCUT2D eigenvalue weighted by atomic mass is 10.2. The predicted molar refractivity (Wildman–Crippen MR) is 107 cm³/mol. The number of nitrogens with one attached hydrogen (secondary N) is 2. The molecule has 2 N–H and O–H groups in total. The molecule has 0 fully saturated rings. The molecule has 0 radical (unpaired) electrons. The summed E-state index contributed by atoms with van der Waals surface area (Å²) in [5, 5.41) is 6.63. The zero-order valence-corrected chi connectivity index (χ0v) is 16.4. The minimum absolute atomic E-state index is 0.0698. The first-order chi connectivity index (χ1) is 11.5. The van der Waals surface area contributed by atoms with Crippen molar-refractivity contribution in [2.24, 2.45) is 5.10 Å². The van der Waals surface area contributed by atoms with Gasteiger partial charge in [-0.05, 0) is 68.3 Å². The molecule has 124 valence electrons. The normalized spacial score (nSPS) is 10.6. The molecule has 2 rings (SSSR count). The minimum atomic E-state index is -0.306. The highest BCUT2D eigenvalue weighted by Crippen LogP contribution is 2.21. The van der Waals surface area contributed by atoms with E-state index in [-0.39, 0.29) is 24.7 Å². The molecule has 0 heterocycles. The van der Waals surface area contributed by atoms with E-state index in [0.717, 1.165) is 13.6 Å². The third kappa shape index (κ3) is 6.40. The van der Waals surface area contributed by atoms with Crippen LogP contribution in [0.2, 0.25) is 0 Å². The summed E-state index contributed by atoms with van der Waals surface area (Å²) in [6.07, 6.45) is 1.72. The zero-order valence-electron chi connectivity index (χ0n) is 12.6. The number of amides is 2. The topological polar surface area (TPSA) is 70.6 Å². The van der Waals surface area contributed by atoms with Gasteiger partial charge in [-0.1, -0.05) is 24.3 Å². The van der Waals surface area contributed by atoms with E-state index in [1.807, 2.05) is 42.5 Å². The van der Waals surface area contributed by atoms with Crippen LogP contribution in [0.25, 0.3) is 0 Å². The number of carbonyl (C=O) groups is 2. The van der Waals surface area contributed by atoms with Crippen molar-refractivity contribution < 1.29 is 9.59 Å².